The second-order valence-corrected chi connectivity index (χ2v) is 5.01. The van der Waals surface area contributed by atoms with Crippen LogP contribution in [0.15, 0.2) is 54.7 Å². The maximum Gasteiger partial charge on any atom is 0.322 e. The standard InChI is InChI=1S/C14H9IN2O/c15-11-5-7-12(8-6-11)18-14-16-9-10-3-1-2-4-13(10)17-14/h1-9H. The summed E-state index contributed by atoms with van der Waals surface area (Å²) >= 11 is 2.25. The van der Waals surface area contributed by atoms with Gasteiger partial charge in [-0.05, 0) is 52.9 Å². The zero-order valence-electron chi connectivity index (χ0n) is 9.38. The van der Waals surface area contributed by atoms with E-state index in [1.807, 2.05) is 48.5 Å². The molecule has 0 saturated heterocycles. The third kappa shape index (κ3) is 2.43. The van der Waals surface area contributed by atoms with Gasteiger partial charge in [-0.2, -0.15) is 4.98 Å². The van der Waals surface area contributed by atoms with Gasteiger partial charge in [0, 0.05) is 15.2 Å². The normalized spacial score (nSPS) is 10.5. The van der Waals surface area contributed by atoms with Gasteiger partial charge < -0.3 is 4.74 Å². The van der Waals surface area contributed by atoms with Crippen LogP contribution in [-0.2, 0) is 0 Å². The van der Waals surface area contributed by atoms with E-state index in [1.54, 1.807) is 6.20 Å². The Balaban J connectivity index is 1.92. The molecule has 1 heterocycles. The summed E-state index contributed by atoms with van der Waals surface area (Å²) in [6.07, 6.45) is 1.77. The van der Waals surface area contributed by atoms with Gasteiger partial charge in [0.25, 0.3) is 0 Å². The van der Waals surface area contributed by atoms with Gasteiger partial charge in [-0.3, -0.25) is 0 Å². The molecule has 0 spiro atoms. The van der Waals surface area contributed by atoms with Crippen LogP contribution in [0.1, 0.15) is 0 Å². The Morgan fingerprint density at radius 2 is 1.72 bits per heavy atom. The van der Waals surface area contributed by atoms with E-state index >= 15 is 0 Å². The fourth-order valence-electron chi connectivity index (χ4n) is 1.61. The lowest BCUT2D eigenvalue weighted by Gasteiger charge is -2.04. The highest BCUT2D eigenvalue weighted by Gasteiger charge is 2.02. The summed E-state index contributed by atoms with van der Waals surface area (Å²) in [6, 6.07) is 16.0. The van der Waals surface area contributed by atoms with E-state index in [4.69, 9.17) is 4.74 Å². The summed E-state index contributed by atoms with van der Waals surface area (Å²) in [5.41, 5.74) is 0.882. The Kier molecular flexibility index (Phi) is 3.10. The van der Waals surface area contributed by atoms with Crippen LogP contribution in [0, 0.1) is 3.57 Å². The van der Waals surface area contributed by atoms with Crippen molar-refractivity contribution in [2.75, 3.05) is 0 Å². The molecule has 88 valence electrons. The molecule has 3 rings (SSSR count). The highest BCUT2D eigenvalue weighted by atomic mass is 127. The molecule has 0 bridgehead atoms. The molecule has 3 aromatic rings. The average molecular weight is 348 g/mol. The van der Waals surface area contributed by atoms with Gasteiger partial charge in [-0.15, -0.1) is 0 Å². The molecule has 18 heavy (non-hydrogen) atoms. The van der Waals surface area contributed by atoms with Gasteiger partial charge in [0.15, 0.2) is 0 Å². The first-order chi connectivity index (χ1) is 8.81. The topological polar surface area (TPSA) is 35.0 Å². The van der Waals surface area contributed by atoms with E-state index in [1.165, 1.54) is 3.57 Å². The number of ether oxygens (including phenoxy) is 1. The molecule has 0 aliphatic carbocycles. The van der Waals surface area contributed by atoms with E-state index in [2.05, 4.69) is 32.6 Å². The molecular weight excluding hydrogens is 339 g/mol. The zero-order valence-corrected chi connectivity index (χ0v) is 11.5. The lowest BCUT2D eigenvalue weighted by molar-refractivity contribution is 0.444. The molecule has 0 aliphatic rings. The first-order valence-corrected chi connectivity index (χ1v) is 6.54. The maximum absolute atomic E-state index is 5.62. The van der Waals surface area contributed by atoms with Crippen LogP contribution in [0.4, 0.5) is 0 Å². The molecule has 1 aromatic heterocycles. The van der Waals surface area contributed by atoms with E-state index in [-0.39, 0.29) is 0 Å². The third-order valence-corrected chi connectivity index (χ3v) is 3.21. The largest absolute Gasteiger partial charge is 0.424 e. The Labute approximate surface area is 118 Å². The van der Waals surface area contributed by atoms with E-state index in [9.17, 15) is 0 Å². The highest BCUT2D eigenvalue weighted by Crippen LogP contribution is 2.20. The molecule has 0 fully saturated rings. The molecule has 3 nitrogen and oxygen atoms in total. The third-order valence-electron chi connectivity index (χ3n) is 2.49. The van der Waals surface area contributed by atoms with Crippen molar-refractivity contribution in [1.29, 1.82) is 0 Å². The lowest BCUT2D eigenvalue weighted by atomic mass is 10.2. The van der Waals surface area contributed by atoms with Gasteiger partial charge in [-0.1, -0.05) is 18.2 Å². The van der Waals surface area contributed by atoms with Crippen LogP contribution >= 0.6 is 22.6 Å². The summed E-state index contributed by atoms with van der Waals surface area (Å²) in [5.74, 6) is 0.741. The Morgan fingerprint density at radius 3 is 2.56 bits per heavy atom. The van der Waals surface area contributed by atoms with Crippen LogP contribution < -0.4 is 4.74 Å². The molecule has 0 unspecified atom stereocenters. The fraction of sp³-hybridized carbons (Fsp3) is 0. The second-order valence-electron chi connectivity index (χ2n) is 3.77. The zero-order chi connectivity index (χ0) is 12.4. The Morgan fingerprint density at radius 1 is 0.944 bits per heavy atom. The summed E-state index contributed by atoms with van der Waals surface area (Å²) in [4.78, 5) is 8.55. The van der Waals surface area contributed by atoms with Crippen molar-refractivity contribution in [2.24, 2.45) is 0 Å². The van der Waals surface area contributed by atoms with Crippen molar-refractivity contribution in [2.45, 2.75) is 0 Å². The number of hydrogen-bond acceptors (Lipinski definition) is 3. The van der Waals surface area contributed by atoms with E-state index < -0.39 is 0 Å². The number of hydrogen-bond donors (Lipinski definition) is 0. The lowest BCUT2D eigenvalue weighted by Crippen LogP contribution is -1.92. The molecule has 0 atom stereocenters. The van der Waals surface area contributed by atoms with Crippen LogP contribution in [0.5, 0.6) is 11.8 Å². The van der Waals surface area contributed by atoms with Crippen molar-refractivity contribution in [3.05, 3.63) is 58.3 Å². The number of aromatic nitrogens is 2. The predicted octanol–water partition coefficient (Wildman–Crippen LogP) is 4.03. The summed E-state index contributed by atoms with van der Waals surface area (Å²) in [5, 5.41) is 1.01. The van der Waals surface area contributed by atoms with Crippen molar-refractivity contribution < 1.29 is 4.74 Å². The van der Waals surface area contributed by atoms with Gasteiger partial charge in [0.05, 0.1) is 5.52 Å². The summed E-state index contributed by atoms with van der Waals surface area (Å²) in [6.45, 7) is 0. The van der Waals surface area contributed by atoms with Crippen molar-refractivity contribution in [3.8, 4) is 11.8 Å². The van der Waals surface area contributed by atoms with Gasteiger partial charge in [0.2, 0.25) is 0 Å². The molecule has 0 N–H and O–H groups in total. The van der Waals surface area contributed by atoms with E-state index in [0.717, 1.165) is 16.7 Å². The number of para-hydroxylation sites is 1. The number of nitrogens with zero attached hydrogens (tertiary/aromatic N) is 2. The maximum atomic E-state index is 5.62. The summed E-state index contributed by atoms with van der Waals surface area (Å²) in [7, 11) is 0. The minimum Gasteiger partial charge on any atom is -0.424 e. The van der Waals surface area contributed by atoms with Crippen LogP contribution in [-0.4, -0.2) is 9.97 Å². The fourth-order valence-corrected chi connectivity index (χ4v) is 1.97. The predicted molar refractivity (Wildman–Crippen MR) is 78.8 cm³/mol. The van der Waals surface area contributed by atoms with E-state index in [0.29, 0.717) is 6.01 Å². The average Bonchev–Trinajstić information content (AvgIpc) is 2.41. The molecule has 2 aromatic carbocycles. The van der Waals surface area contributed by atoms with Crippen LogP contribution in [0.25, 0.3) is 10.9 Å². The van der Waals surface area contributed by atoms with Gasteiger partial charge in [0.1, 0.15) is 5.75 Å². The number of benzene rings is 2. The Hall–Kier alpha value is -1.69. The molecular formula is C14H9IN2O. The quantitative estimate of drug-likeness (QED) is 0.656. The van der Waals surface area contributed by atoms with Crippen LogP contribution in [0.3, 0.4) is 0 Å². The molecule has 4 heteroatoms. The Bertz CT molecular complexity index is 683. The smallest absolute Gasteiger partial charge is 0.322 e. The van der Waals surface area contributed by atoms with Crippen molar-refractivity contribution >= 4 is 33.5 Å². The minimum atomic E-state index is 0.370. The molecule has 0 saturated carbocycles. The highest BCUT2D eigenvalue weighted by molar-refractivity contribution is 14.1. The molecule has 0 aliphatic heterocycles. The first-order valence-electron chi connectivity index (χ1n) is 5.46. The first kappa shape index (κ1) is 11.4. The van der Waals surface area contributed by atoms with Crippen LogP contribution in [0.2, 0.25) is 0 Å². The van der Waals surface area contributed by atoms with Crippen molar-refractivity contribution in [1.82, 2.24) is 9.97 Å². The van der Waals surface area contributed by atoms with Gasteiger partial charge in [-0.25, -0.2) is 4.98 Å². The number of rotatable bonds is 2. The number of halogens is 1. The number of fused-ring (bicyclic) bond motifs is 1. The summed E-state index contributed by atoms with van der Waals surface area (Å²) < 4.78 is 6.78. The molecule has 0 radical (unpaired) electrons. The van der Waals surface area contributed by atoms with Gasteiger partial charge >= 0.3 is 6.01 Å². The minimum absolute atomic E-state index is 0.370. The SMILES string of the molecule is Ic1ccc(Oc2ncc3ccccc3n2)cc1. The second kappa shape index (κ2) is 4.89. The van der Waals surface area contributed by atoms with Crippen molar-refractivity contribution in [3.63, 3.8) is 0 Å². The molecule has 0 amide bonds. The monoisotopic (exact) mass is 348 g/mol.